The lowest BCUT2D eigenvalue weighted by atomic mass is 10.1. The Kier molecular flexibility index (Phi) is 3.20. The molecule has 0 aliphatic carbocycles. The molecule has 112 valence electrons. The first kappa shape index (κ1) is 13.2. The molecule has 2 aromatic rings. The van der Waals surface area contributed by atoms with Gasteiger partial charge in [-0.1, -0.05) is 30.3 Å². The summed E-state index contributed by atoms with van der Waals surface area (Å²) in [4.78, 5) is 14.5. The van der Waals surface area contributed by atoms with Gasteiger partial charge in [-0.15, -0.1) is 0 Å². The Morgan fingerprint density at radius 2 is 1.86 bits per heavy atom. The third-order valence-electron chi connectivity index (χ3n) is 3.86. The van der Waals surface area contributed by atoms with E-state index in [1.165, 1.54) is 0 Å². The van der Waals surface area contributed by atoms with E-state index in [-0.39, 0.29) is 18.9 Å². The van der Waals surface area contributed by atoms with Gasteiger partial charge in [0.2, 0.25) is 6.79 Å². The van der Waals surface area contributed by atoms with Crippen molar-refractivity contribution in [1.82, 2.24) is 4.90 Å². The van der Waals surface area contributed by atoms with Crippen LogP contribution in [0.15, 0.2) is 48.5 Å². The maximum absolute atomic E-state index is 12.8. The van der Waals surface area contributed by atoms with Crippen LogP contribution < -0.4 is 9.47 Å². The molecule has 22 heavy (non-hydrogen) atoms. The maximum Gasteiger partial charge on any atom is 0.256 e. The van der Waals surface area contributed by atoms with Crippen LogP contribution in [0.1, 0.15) is 22.1 Å². The van der Waals surface area contributed by atoms with Crippen molar-refractivity contribution in [2.45, 2.75) is 6.23 Å². The van der Waals surface area contributed by atoms with E-state index < -0.39 is 0 Å². The van der Waals surface area contributed by atoms with E-state index in [0.29, 0.717) is 30.2 Å². The molecule has 2 aliphatic rings. The second kappa shape index (κ2) is 5.35. The summed E-state index contributed by atoms with van der Waals surface area (Å²) in [6, 6.07) is 15.0. The van der Waals surface area contributed by atoms with Crippen molar-refractivity contribution in [1.29, 1.82) is 0 Å². The van der Waals surface area contributed by atoms with Gasteiger partial charge < -0.3 is 19.1 Å². The zero-order valence-electron chi connectivity index (χ0n) is 11.9. The highest BCUT2D eigenvalue weighted by Crippen LogP contribution is 2.34. The van der Waals surface area contributed by atoms with Crippen LogP contribution in [0, 0.1) is 0 Å². The van der Waals surface area contributed by atoms with Crippen LogP contribution in [-0.2, 0) is 4.74 Å². The van der Waals surface area contributed by atoms with E-state index in [1.54, 1.807) is 23.1 Å². The fourth-order valence-electron chi connectivity index (χ4n) is 2.77. The first-order valence-corrected chi connectivity index (χ1v) is 7.20. The predicted octanol–water partition coefficient (Wildman–Crippen LogP) is 2.59. The van der Waals surface area contributed by atoms with Gasteiger partial charge in [0.15, 0.2) is 17.7 Å². The zero-order valence-corrected chi connectivity index (χ0v) is 11.9. The topological polar surface area (TPSA) is 48.0 Å². The van der Waals surface area contributed by atoms with Gasteiger partial charge in [-0.25, -0.2) is 0 Å². The Labute approximate surface area is 128 Å². The highest BCUT2D eigenvalue weighted by molar-refractivity contribution is 5.95. The Balaban J connectivity index is 1.62. The summed E-state index contributed by atoms with van der Waals surface area (Å²) in [7, 11) is 0. The normalized spacial score (nSPS) is 19.5. The second-order valence-corrected chi connectivity index (χ2v) is 5.20. The minimum absolute atomic E-state index is 0.0651. The van der Waals surface area contributed by atoms with Gasteiger partial charge in [0, 0.05) is 17.7 Å². The molecule has 0 bridgehead atoms. The van der Waals surface area contributed by atoms with Crippen molar-refractivity contribution in [3.8, 4) is 11.5 Å². The molecular formula is C17H15NO4. The minimum Gasteiger partial charge on any atom is -0.454 e. The van der Waals surface area contributed by atoms with Crippen LogP contribution in [0.4, 0.5) is 0 Å². The van der Waals surface area contributed by atoms with Gasteiger partial charge in [-0.3, -0.25) is 4.79 Å². The molecule has 5 heteroatoms. The molecule has 0 radical (unpaired) electrons. The Hall–Kier alpha value is -2.53. The zero-order chi connectivity index (χ0) is 14.9. The van der Waals surface area contributed by atoms with Crippen LogP contribution in [0.3, 0.4) is 0 Å². The van der Waals surface area contributed by atoms with Crippen LogP contribution in [-0.4, -0.2) is 30.8 Å². The summed E-state index contributed by atoms with van der Waals surface area (Å²) in [5, 5.41) is 0. The van der Waals surface area contributed by atoms with Crippen LogP contribution in [0.25, 0.3) is 0 Å². The lowest BCUT2D eigenvalue weighted by Crippen LogP contribution is -2.31. The lowest BCUT2D eigenvalue weighted by Gasteiger charge is -2.23. The van der Waals surface area contributed by atoms with E-state index in [1.807, 2.05) is 30.3 Å². The number of rotatable bonds is 2. The number of carbonyl (C=O) groups excluding carboxylic acids is 1. The largest absolute Gasteiger partial charge is 0.454 e. The van der Waals surface area contributed by atoms with Crippen molar-refractivity contribution in [2.24, 2.45) is 0 Å². The smallest absolute Gasteiger partial charge is 0.256 e. The average Bonchev–Trinajstić information content (AvgIpc) is 3.23. The number of amides is 1. The van der Waals surface area contributed by atoms with E-state index >= 15 is 0 Å². The lowest BCUT2D eigenvalue weighted by molar-refractivity contribution is 0.0272. The molecule has 2 aliphatic heterocycles. The highest BCUT2D eigenvalue weighted by Gasteiger charge is 2.32. The molecule has 5 nitrogen and oxygen atoms in total. The summed E-state index contributed by atoms with van der Waals surface area (Å²) >= 11 is 0. The number of hydrogen-bond donors (Lipinski definition) is 0. The Morgan fingerprint density at radius 1 is 1.05 bits per heavy atom. The molecule has 1 saturated heterocycles. The van der Waals surface area contributed by atoms with E-state index in [4.69, 9.17) is 14.2 Å². The summed E-state index contributed by atoms with van der Waals surface area (Å²) < 4.78 is 16.4. The highest BCUT2D eigenvalue weighted by atomic mass is 16.7. The first-order valence-electron chi connectivity index (χ1n) is 7.20. The summed E-state index contributed by atoms with van der Waals surface area (Å²) in [6.45, 7) is 1.31. The van der Waals surface area contributed by atoms with Crippen molar-refractivity contribution in [3.05, 3.63) is 59.7 Å². The van der Waals surface area contributed by atoms with Crippen LogP contribution >= 0.6 is 0 Å². The molecule has 0 N–H and O–H groups in total. The number of ether oxygens (including phenoxy) is 3. The molecule has 1 unspecified atom stereocenters. The molecular weight excluding hydrogens is 282 g/mol. The number of benzene rings is 2. The molecule has 2 heterocycles. The van der Waals surface area contributed by atoms with Gasteiger partial charge >= 0.3 is 0 Å². The van der Waals surface area contributed by atoms with Gasteiger partial charge in [0.1, 0.15) is 0 Å². The second-order valence-electron chi connectivity index (χ2n) is 5.20. The van der Waals surface area contributed by atoms with Gasteiger partial charge in [-0.05, 0) is 18.2 Å². The predicted molar refractivity (Wildman–Crippen MR) is 78.7 cm³/mol. The van der Waals surface area contributed by atoms with Crippen molar-refractivity contribution >= 4 is 5.91 Å². The molecule has 1 atom stereocenters. The monoisotopic (exact) mass is 297 g/mol. The third-order valence-corrected chi connectivity index (χ3v) is 3.86. The van der Waals surface area contributed by atoms with E-state index in [2.05, 4.69) is 0 Å². The number of nitrogens with zero attached hydrogens (tertiary/aromatic N) is 1. The fourth-order valence-corrected chi connectivity index (χ4v) is 2.77. The standard InChI is InChI=1S/C17H15NO4/c19-16(13-6-7-14-15(10-13)22-11-21-14)18-8-9-20-17(18)12-4-2-1-3-5-12/h1-7,10,17H,8-9,11H2. The van der Waals surface area contributed by atoms with Crippen molar-refractivity contribution in [2.75, 3.05) is 19.9 Å². The third kappa shape index (κ3) is 2.19. The molecule has 1 amide bonds. The van der Waals surface area contributed by atoms with Gasteiger partial charge in [0.25, 0.3) is 5.91 Å². The van der Waals surface area contributed by atoms with E-state index in [9.17, 15) is 4.79 Å². The SMILES string of the molecule is O=C(c1ccc2c(c1)OCO2)N1CCOC1c1ccccc1. The first-order chi connectivity index (χ1) is 10.8. The number of hydrogen-bond acceptors (Lipinski definition) is 4. The molecule has 2 aromatic carbocycles. The van der Waals surface area contributed by atoms with Gasteiger partial charge in [0.05, 0.1) is 6.61 Å². The molecule has 0 saturated carbocycles. The van der Waals surface area contributed by atoms with Gasteiger partial charge in [-0.2, -0.15) is 0 Å². The van der Waals surface area contributed by atoms with Crippen molar-refractivity contribution in [3.63, 3.8) is 0 Å². The number of carbonyl (C=O) groups is 1. The molecule has 0 aromatic heterocycles. The Morgan fingerprint density at radius 3 is 2.73 bits per heavy atom. The average molecular weight is 297 g/mol. The maximum atomic E-state index is 12.8. The summed E-state index contributed by atoms with van der Waals surface area (Å²) in [5.74, 6) is 1.22. The fraction of sp³-hybridized carbons (Fsp3) is 0.235. The summed E-state index contributed by atoms with van der Waals surface area (Å²) in [6.07, 6.45) is -0.334. The molecule has 4 rings (SSSR count). The summed E-state index contributed by atoms with van der Waals surface area (Å²) in [5.41, 5.74) is 1.56. The van der Waals surface area contributed by atoms with Crippen LogP contribution in [0.2, 0.25) is 0 Å². The Bertz CT molecular complexity index is 701. The minimum atomic E-state index is -0.334. The molecule has 1 fully saturated rings. The number of fused-ring (bicyclic) bond motifs is 1. The van der Waals surface area contributed by atoms with Crippen LogP contribution in [0.5, 0.6) is 11.5 Å². The molecule has 0 spiro atoms. The quantitative estimate of drug-likeness (QED) is 0.855. The van der Waals surface area contributed by atoms with E-state index in [0.717, 1.165) is 5.56 Å². The van der Waals surface area contributed by atoms with Crippen molar-refractivity contribution < 1.29 is 19.0 Å².